The predicted molar refractivity (Wildman–Crippen MR) is 112 cm³/mol. The number of aryl methyl sites for hydroxylation is 2. The molecule has 6 nitrogen and oxygen atoms in total. The average Bonchev–Trinajstić information content (AvgIpc) is 3.05. The maximum atomic E-state index is 12.4. The molecular formula is C21H24N4O2S. The summed E-state index contributed by atoms with van der Waals surface area (Å²) in [6.45, 7) is 4.73. The molecule has 7 heteroatoms. The molecule has 0 atom stereocenters. The highest BCUT2D eigenvalue weighted by molar-refractivity contribution is 7.99. The van der Waals surface area contributed by atoms with Gasteiger partial charge in [-0.05, 0) is 49.2 Å². The van der Waals surface area contributed by atoms with E-state index in [1.807, 2.05) is 17.7 Å². The van der Waals surface area contributed by atoms with E-state index in [0.717, 1.165) is 22.4 Å². The Morgan fingerprint density at radius 1 is 1.11 bits per heavy atom. The molecule has 0 amide bonds. The second-order valence-electron chi connectivity index (χ2n) is 6.52. The first kappa shape index (κ1) is 19.9. The first-order valence-electron chi connectivity index (χ1n) is 8.98. The van der Waals surface area contributed by atoms with Gasteiger partial charge in [-0.15, -0.1) is 10.2 Å². The lowest BCUT2D eigenvalue weighted by Gasteiger charge is -2.12. The number of carbonyl (C=O) groups excluding carboxylic acids is 1. The van der Waals surface area contributed by atoms with Crippen LogP contribution in [0.3, 0.4) is 0 Å². The summed E-state index contributed by atoms with van der Waals surface area (Å²) in [7, 11) is 3.52. The van der Waals surface area contributed by atoms with E-state index >= 15 is 0 Å². The van der Waals surface area contributed by atoms with Crippen molar-refractivity contribution in [1.29, 1.82) is 0 Å². The average molecular weight is 397 g/mol. The fourth-order valence-corrected chi connectivity index (χ4v) is 3.70. The molecule has 28 heavy (non-hydrogen) atoms. The van der Waals surface area contributed by atoms with Crippen LogP contribution in [0, 0.1) is 13.8 Å². The van der Waals surface area contributed by atoms with Gasteiger partial charge in [0.2, 0.25) is 0 Å². The number of hydrogen-bond acceptors (Lipinski definition) is 6. The lowest BCUT2D eigenvalue weighted by molar-refractivity contribution is 0.102. The van der Waals surface area contributed by atoms with Gasteiger partial charge in [-0.25, -0.2) is 0 Å². The molecule has 0 aliphatic rings. The van der Waals surface area contributed by atoms with E-state index in [4.69, 9.17) is 4.74 Å². The smallest absolute Gasteiger partial charge is 0.191 e. The van der Waals surface area contributed by atoms with Gasteiger partial charge in [0.25, 0.3) is 0 Å². The lowest BCUT2D eigenvalue weighted by atomic mass is 10.1. The molecule has 2 aromatic carbocycles. The van der Waals surface area contributed by atoms with Crippen molar-refractivity contribution in [2.75, 3.05) is 18.2 Å². The van der Waals surface area contributed by atoms with Crippen LogP contribution in [0.15, 0.2) is 47.6 Å². The summed E-state index contributed by atoms with van der Waals surface area (Å²) in [5, 5.41) is 12.7. The summed E-state index contributed by atoms with van der Waals surface area (Å²) >= 11 is 1.39. The summed E-state index contributed by atoms with van der Waals surface area (Å²) in [4.78, 5) is 12.4. The van der Waals surface area contributed by atoms with Gasteiger partial charge in [0.15, 0.2) is 16.8 Å². The van der Waals surface area contributed by atoms with Crippen molar-refractivity contribution in [3.8, 4) is 5.75 Å². The number of aromatic nitrogens is 3. The van der Waals surface area contributed by atoms with Crippen molar-refractivity contribution < 1.29 is 9.53 Å². The molecule has 0 radical (unpaired) electrons. The summed E-state index contributed by atoms with van der Waals surface area (Å²) in [5.41, 5.74) is 4.17. The lowest BCUT2D eigenvalue weighted by Crippen LogP contribution is -2.09. The zero-order valence-electron chi connectivity index (χ0n) is 16.5. The standard InChI is InChI=1S/C21H24N4O2S/c1-14-6-5-7-15(2)20(14)22-12-19-23-24-21(25(19)3)28-13-18(26)16-8-10-17(27-4)11-9-16/h5-11,22H,12-13H2,1-4H3. The van der Waals surface area contributed by atoms with Gasteiger partial charge in [0.05, 0.1) is 19.4 Å². The first-order chi connectivity index (χ1) is 13.5. The number of Topliss-reactive ketones (excluding diaryl/α,β-unsaturated/α-hetero) is 1. The van der Waals surface area contributed by atoms with Gasteiger partial charge in [-0.3, -0.25) is 4.79 Å². The highest BCUT2D eigenvalue weighted by Crippen LogP contribution is 2.22. The van der Waals surface area contributed by atoms with Crippen LogP contribution in [0.2, 0.25) is 0 Å². The van der Waals surface area contributed by atoms with Crippen LogP contribution in [0.25, 0.3) is 0 Å². The molecule has 0 aliphatic carbocycles. The topological polar surface area (TPSA) is 69.0 Å². The van der Waals surface area contributed by atoms with Crippen LogP contribution in [0.4, 0.5) is 5.69 Å². The molecule has 0 aliphatic heterocycles. The van der Waals surface area contributed by atoms with E-state index in [1.165, 1.54) is 22.9 Å². The van der Waals surface area contributed by atoms with Crippen molar-refractivity contribution in [2.45, 2.75) is 25.5 Å². The number of anilines is 1. The Hall–Kier alpha value is -2.80. The van der Waals surface area contributed by atoms with E-state index in [9.17, 15) is 4.79 Å². The summed E-state index contributed by atoms with van der Waals surface area (Å²) in [5.74, 6) is 1.91. The van der Waals surface area contributed by atoms with Crippen LogP contribution >= 0.6 is 11.8 Å². The summed E-state index contributed by atoms with van der Waals surface area (Å²) in [6.07, 6.45) is 0. The molecule has 0 fully saturated rings. The zero-order valence-corrected chi connectivity index (χ0v) is 17.3. The van der Waals surface area contributed by atoms with Gasteiger partial charge >= 0.3 is 0 Å². The molecule has 1 N–H and O–H groups in total. The number of hydrogen-bond donors (Lipinski definition) is 1. The SMILES string of the molecule is COc1ccc(C(=O)CSc2nnc(CNc3c(C)cccc3C)n2C)cc1. The third-order valence-corrected chi connectivity index (χ3v) is 5.59. The fourth-order valence-electron chi connectivity index (χ4n) is 2.88. The molecule has 1 heterocycles. The molecule has 0 unspecified atom stereocenters. The minimum Gasteiger partial charge on any atom is -0.497 e. The maximum absolute atomic E-state index is 12.4. The molecule has 146 valence electrons. The fraction of sp³-hybridized carbons (Fsp3) is 0.286. The molecule has 3 rings (SSSR count). The number of rotatable bonds is 8. The second kappa shape index (κ2) is 8.93. The number of benzene rings is 2. The van der Waals surface area contributed by atoms with Gasteiger partial charge in [-0.1, -0.05) is 30.0 Å². The number of thioether (sulfide) groups is 1. The van der Waals surface area contributed by atoms with E-state index in [0.29, 0.717) is 17.9 Å². The minimum atomic E-state index is 0.0471. The van der Waals surface area contributed by atoms with Gasteiger partial charge < -0.3 is 14.6 Å². The quantitative estimate of drug-likeness (QED) is 0.458. The highest BCUT2D eigenvalue weighted by Gasteiger charge is 2.13. The van der Waals surface area contributed by atoms with Crippen molar-refractivity contribution in [1.82, 2.24) is 14.8 Å². The van der Waals surface area contributed by atoms with Crippen LogP contribution in [0.5, 0.6) is 5.75 Å². The molecule has 1 aromatic heterocycles. The first-order valence-corrected chi connectivity index (χ1v) is 9.96. The zero-order chi connectivity index (χ0) is 20.1. The Kier molecular flexibility index (Phi) is 6.36. The molecule has 0 saturated carbocycles. The highest BCUT2D eigenvalue weighted by atomic mass is 32.2. The molecule has 0 saturated heterocycles. The third-order valence-electron chi connectivity index (χ3n) is 4.57. The van der Waals surface area contributed by atoms with Crippen molar-refractivity contribution in [2.24, 2.45) is 7.05 Å². The van der Waals surface area contributed by atoms with E-state index in [1.54, 1.807) is 31.4 Å². The van der Waals surface area contributed by atoms with Crippen molar-refractivity contribution >= 4 is 23.2 Å². The largest absolute Gasteiger partial charge is 0.497 e. The summed E-state index contributed by atoms with van der Waals surface area (Å²) < 4.78 is 7.05. The Morgan fingerprint density at radius 2 is 1.79 bits per heavy atom. The molecular weight excluding hydrogens is 372 g/mol. The Labute approximate surface area is 169 Å². The van der Waals surface area contributed by atoms with Gasteiger partial charge in [0.1, 0.15) is 5.75 Å². The normalized spacial score (nSPS) is 10.7. The third kappa shape index (κ3) is 4.54. The van der Waals surface area contributed by atoms with Crippen LogP contribution in [-0.4, -0.2) is 33.4 Å². The number of methoxy groups -OCH3 is 1. The summed E-state index contributed by atoms with van der Waals surface area (Å²) in [6, 6.07) is 13.3. The van der Waals surface area contributed by atoms with E-state index in [2.05, 4.69) is 41.5 Å². The maximum Gasteiger partial charge on any atom is 0.191 e. The van der Waals surface area contributed by atoms with Gasteiger partial charge in [0, 0.05) is 18.3 Å². The Bertz CT molecular complexity index is 947. The number of nitrogens with one attached hydrogen (secondary N) is 1. The number of ketones is 1. The number of para-hydroxylation sites is 1. The van der Waals surface area contributed by atoms with Crippen molar-refractivity contribution in [3.05, 3.63) is 65.0 Å². The molecule has 0 bridgehead atoms. The number of carbonyl (C=O) groups is 1. The second-order valence-corrected chi connectivity index (χ2v) is 7.46. The monoisotopic (exact) mass is 396 g/mol. The van der Waals surface area contributed by atoms with E-state index in [-0.39, 0.29) is 5.78 Å². The Balaban J connectivity index is 1.60. The number of ether oxygens (including phenoxy) is 1. The van der Waals surface area contributed by atoms with Gasteiger partial charge in [-0.2, -0.15) is 0 Å². The minimum absolute atomic E-state index is 0.0471. The molecule has 0 spiro atoms. The van der Waals surface area contributed by atoms with Crippen LogP contribution < -0.4 is 10.1 Å². The van der Waals surface area contributed by atoms with Crippen LogP contribution in [-0.2, 0) is 13.6 Å². The Morgan fingerprint density at radius 3 is 2.43 bits per heavy atom. The van der Waals surface area contributed by atoms with E-state index < -0.39 is 0 Å². The van der Waals surface area contributed by atoms with Crippen molar-refractivity contribution in [3.63, 3.8) is 0 Å². The predicted octanol–water partition coefficient (Wildman–Crippen LogP) is 4.03. The van der Waals surface area contributed by atoms with Crippen LogP contribution in [0.1, 0.15) is 27.3 Å². The molecule has 3 aromatic rings. The number of nitrogens with zero attached hydrogens (tertiary/aromatic N) is 3.